The van der Waals surface area contributed by atoms with Crippen LogP contribution >= 0.6 is 11.6 Å². The topological polar surface area (TPSA) is 44.8 Å². The van der Waals surface area contributed by atoms with Crippen LogP contribution < -0.4 is 10.1 Å². The van der Waals surface area contributed by atoms with Crippen LogP contribution in [0.15, 0.2) is 42.5 Å². The Bertz CT molecular complexity index is 868. The van der Waals surface area contributed by atoms with Gasteiger partial charge >= 0.3 is 6.03 Å². The number of nitrogens with one attached hydrogen (secondary N) is 1. The predicted molar refractivity (Wildman–Crippen MR) is 122 cm³/mol. The fourth-order valence-corrected chi connectivity index (χ4v) is 3.90. The zero-order valence-corrected chi connectivity index (χ0v) is 19.2. The number of benzene rings is 2. The van der Waals surface area contributed by atoms with Crippen LogP contribution in [0.2, 0.25) is 5.02 Å². The van der Waals surface area contributed by atoms with Crippen LogP contribution in [-0.2, 0) is 13.1 Å². The lowest BCUT2D eigenvalue weighted by Crippen LogP contribution is -2.49. The first-order chi connectivity index (χ1) is 14.8. The summed E-state index contributed by atoms with van der Waals surface area (Å²) in [5.41, 5.74) is 1.44. The van der Waals surface area contributed by atoms with Crippen molar-refractivity contribution in [2.24, 2.45) is 0 Å². The van der Waals surface area contributed by atoms with E-state index >= 15 is 0 Å². The van der Waals surface area contributed by atoms with Gasteiger partial charge in [0.05, 0.1) is 12.6 Å². The van der Waals surface area contributed by atoms with Crippen molar-refractivity contribution in [1.29, 1.82) is 0 Å². The van der Waals surface area contributed by atoms with E-state index in [2.05, 4.69) is 17.3 Å². The van der Waals surface area contributed by atoms with Gasteiger partial charge in [-0.15, -0.1) is 0 Å². The average molecular weight is 448 g/mol. The van der Waals surface area contributed by atoms with Crippen LogP contribution in [0, 0.1) is 5.82 Å². The van der Waals surface area contributed by atoms with E-state index in [1.54, 1.807) is 17.0 Å². The summed E-state index contributed by atoms with van der Waals surface area (Å²) in [5.74, 6) is 0.412. The summed E-state index contributed by atoms with van der Waals surface area (Å²) >= 11 is 5.89. The number of urea groups is 1. The maximum Gasteiger partial charge on any atom is 0.318 e. The molecular weight excluding hydrogens is 417 g/mol. The molecule has 5 nitrogen and oxygen atoms in total. The molecule has 0 aliphatic carbocycles. The Morgan fingerprint density at radius 1 is 1.23 bits per heavy atom. The average Bonchev–Trinajstić information content (AvgIpc) is 2.73. The molecule has 0 radical (unpaired) electrons. The zero-order chi connectivity index (χ0) is 22.4. The second kappa shape index (κ2) is 10.8. The Morgan fingerprint density at radius 3 is 2.52 bits per heavy atom. The fraction of sp³-hybridized carbons (Fsp3) is 0.458. The van der Waals surface area contributed by atoms with Gasteiger partial charge < -0.3 is 19.9 Å². The highest BCUT2D eigenvalue weighted by Crippen LogP contribution is 2.22. The van der Waals surface area contributed by atoms with Gasteiger partial charge in [0.25, 0.3) is 0 Å². The number of nitrogens with zero attached hydrogens (tertiary/aromatic N) is 2. The molecule has 0 unspecified atom stereocenters. The number of piperidine rings is 1. The molecule has 2 aromatic rings. The highest BCUT2D eigenvalue weighted by atomic mass is 35.5. The summed E-state index contributed by atoms with van der Waals surface area (Å²) in [6.45, 7) is 6.39. The van der Waals surface area contributed by atoms with Gasteiger partial charge in [-0.3, -0.25) is 0 Å². The fourth-order valence-electron chi connectivity index (χ4n) is 3.74. The van der Waals surface area contributed by atoms with Gasteiger partial charge in [0.15, 0.2) is 0 Å². The molecule has 1 fully saturated rings. The van der Waals surface area contributed by atoms with Crippen LogP contribution in [0.5, 0.6) is 5.75 Å². The first-order valence-corrected chi connectivity index (χ1v) is 11.1. The molecule has 0 saturated carbocycles. The zero-order valence-electron chi connectivity index (χ0n) is 18.4. The number of halogens is 2. The van der Waals surface area contributed by atoms with Gasteiger partial charge in [-0.2, -0.15) is 0 Å². The minimum absolute atomic E-state index is 0.0631. The van der Waals surface area contributed by atoms with E-state index < -0.39 is 0 Å². The Balaban J connectivity index is 1.68. The number of carbonyl (C=O) groups is 1. The minimum atomic E-state index is -0.390. The smallest absolute Gasteiger partial charge is 0.318 e. The van der Waals surface area contributed by atoms with Crippen molar-refractivity contribution in [3.8, 4) is 5.75 Å². The molecule has 168 valence electrons. The van der Waals surface area contributed by atoms with Crippen molar-refractivity contribution in [2.75, 3.05) is 20.1 Å². The molecule has 7 heteroatoms. The van der Waals surface area contributed by atoms with Gasteiger partial charge in [-0.25, -0.2) is 9.18 Å². The van der Waals surface area contributed by atoms with Crippen LogP contribution in [0.4, 0.5) is 9.18 Å². The second-order valence-electron chi connectivity index (χ2n) is 8.37. The van der Waals surface area contributed by atoms with E-state index in [0.717, 1.165) is 37.2 Å². The number of likely N-dealkylation sites (tertiary alicyclic amines) is 1. The number of rotatable bonds is 7. The lowest BCUT2D eigenvalue weighted by molar-refractivity contribution is 0.126. The highest BCUT2D eigenvalue weighted by molar-refractivity contribution is 6.30. The molecule has 1 saturated heterocycles. The molecule has 1 heterocycles. The summed E-state index contributed by atoms with van der Waals surface area (Å²) in [7, 11) is 2.08. The molecular formula is C24H31ClFN3O2. The van der Waals surface area contributed by atoms with Gasteiger partial charge in [-0.05, 0) is 76.7 Å². The molecule has 0 bridgehead atoms. The third-order valence-electron chi connectivity index (χ3n) is 5.48. The van der Waals surface area contributed by atoms with Gasteiger partial charge in [-0.1, -0.05) is 29.8 Å². The van der Waals surface area contributed by atoms with Gasteiger partial charge in [0.1, 0.15) is 11.6 Å². The minimum Gasteiger partial charge on any atom is -0.491 e. The summed E-state index contributed by atoms with van der Waals surface area (Å²) in [4.78, 5) is 17.1. The number of hydrogen-bond donors (Lipinski definition) is 1. The lowest BCUT2D eigenvalue weighted by atomic mass is 10.0. The van der Waals surface area contributed by atoms with Gasteiger partial charge in [0.2, 0.25) is 0 Å². The van der Waals surface area contributed by atoms with Crippen LogP contribution in [-0.4, -0.2) is 48.1 Å². The van der Waals surface area contributed by atoms with Crippen molar-refractivity contribution in [3.63, 3.8) is 0 Å². The number of carbonyl (C=O) groups excluding carboxylic acids is 1. The monoisotopic (exact) mass is 447 g/mol. The molecule has 0 atom stereocenters. The van der Waals surface area contributed by atoms with Crippen molar-refractivity contribution in [2.45, 2.75) is 51.9 Å². The second-order valence-corrected chi connectivity index (χ2v) is 8.80. The van der Waals surface area contributed by atoms with Crippen molar-refractivity contribution < 1.29 is 13.9 Å². The molecule has 0 aromatic heterocycles. The van der Waals surface area contributed by atoms with E-state index in [1.165, 1.54) is 6.07 Å². The Labute approximate surface area is 189 Å². The standard InChI is InChI=1S/C24H31ClFN3O2/c1-17(2)31-22-8-4-18(5-9-22)15-27-24(30)29(21-10-12-28(3)13-11-21)16-19-6-7-20(25)14-23(19)26/h4-9,14,17,21H,10-13,15-16H2,1-3H3,(H,27,30). The van der Waals surface area contributed by atoms with E-state index in [-0.39, 0.29) is 30.5 Å². The number of ether oxygens (including phenoxy) is 1. The number of amides is 2. The van der Waals surface area contributed by atoms with Crippen molar-refractivity contribution in [3.05, 3.63) is 64.4 Å². The summed E-state index contributed by atoms with van der Waals surface area (Å²) in [6.07, 6.45) is 1.84. The Kier molecular flexibility index (Phi) is 8.15. The third-order valence-corrected chi connectivity index (χ3v) is 5.72. The molecule has 2 aromatic carbocycles. The molecule has 1 aliphatic heterocycles. The quantitative estimate of drug-likeness (QED) is 0.644. The lowest BCUT2D eigenvalue weighted by Gasteiger charge is -2.37. The van der Waals surface area contributed by atoms with E-state index in [0.29, 0.717) is 17.1 Å². The molecule has 31 heavy (non-hydrogen) atoms. The number of hydrogen-bond acceptors (Lipinski definition) is 3. The van der Waals surface area contributed by atoms with Crippen molar-refractivity contribution >= 4 is 17.6 Å². The van der Waals surface area contributed by atoms with Crippen LogP contribution in [0.3, 0.4) is 0 Å². The van der Waals surface area contributed by atoms with Gasteiger partial charge in [0, 0.05) is 23.2 Å². The summed E-state index contributed by atoms with van der Waals surface area (Å²) in [5, 5.41) is 3.35. The first kappa shape index (κ1) is 23.4. The van der Waals surface area contributed by atoms with E-state index in [9.17, 15) is 9.18 Å². The normalized spacial score (nSPS) is 15.2. The van der Waals surface area contributed by atoms with Crippen LogP contribution in [0.1, 0.15) is 37.8 Å². The largest absolute Gasteiger partial charge is 0.491 e. The molecule has 0 spiro atoms. The third kappa shape index (κ3) is 6.84. The molecule has 1 aliphatic rings. The Hall–Kier alpha value is -2.31. The predicted octanol–water partition coefficient (Wildman–Crippen LogP) is 5.07. The maximum atomic E-state index is 14.4. The maximum absolute atomic E-state index is 14.4. The molecule has 3 rings (SSSR count). The van der Waals surface area contributed by atoms with Crippen molar-refractivity contribution in [1.82, 2.24) is 15.1 Å². The molecule has 2 amide bonds. The highest BCUT2D eigenvalue weighted by Gasteiger charge is 2.27. The summed E-state index contributed by atoms with van der Waals surface area (Å²) < 4.78 is 20.1. The molecule has 1 N–H and O–H groups in total. The Morgan fingerprint density at radius 2 is 1.90 bits per heavy atom. The summed E-state index contributed by atoms with van der Waals surface area (Å²) in [6, 6.07) is 12.2. The van der Waals surface area contributed by atoms with E-state index in [1.807, 2.05) is 38.1 Å². The first-order valence-electron chi connectivity index (χ1n) is 10.7. The SMILES string of the molecule is CC(C)Oc1ccc(CNC(=O)N(Cc2ccc(Cl)cc2F)C2CCN(C)CC2)cc1. The van der Waals surface area contributed by atoms with Crippen LogP contribution in [0.25, 0.3) is 0 Å². The van der Waals surface area contributed by atoms with E-state index in [4.69, 9.17) is 16.3 Å².